The van der Waals surface area contributed by atoms with Crippen LogP contribution in [0.5, 0.6) is 0 Å². The number of thiophene rings is 1. The smallest absolute Gasteiger partial charge is 0.255 e. The summed E-state index contributed by atoms with van der Waals surface area (Å²) in [5, 5.41) is 3.10. The number of amides is 1. The molecule has 1 aromatic carbocycles. The fraction of sp³-hybridized carbons (Fsp3) is 0.471. The average molecular weight is 337 g/mol. The molecule has 2 fully saturated rings. The lowest BCUT2D eigenvalue weighted by molar-refractivity contribution is 0.0786. The number of nitrogens with two attached hydrogens (primary N) is 1. The Hall–Kier alpha value is -1.10. The molecule has 0 bridgehead atoms. The highest BCUT2D eigenvalue weighted by atomic mass is 35.5. The van der Waals surface area contributed by atoms with Gasteiger partial charge in [-0.25, -0.2) is 0 Å². The van der Waals surface area contributed by atoms with Crippen molar-refractivity contribution >= 4 is 39.7 Å². The quantitative estimate of drug-likeness (QED) is 0.866. The molecular formula is C17H21ClN2OS. The second-order valence-electron chi connectivity index (χ2n) is 6.37. The monoisotopic (exact) mass is 336 g/mol. The van der Waals surface area contributed by atoms with E-state index in [1.165, 1.54) is 17.5 Å². The molecule has 1 saturated carbocycles. The molecule has 3 unspecified atom stereocenters. The number of carbonyl (C=O) groups is 1. The van der Waals surface area contributed by atoms with Gasteiger partial charge in [0, 0.05) is 34.6 Å². The first-order valence-corrected chi connectivity index (χ1v) is 8.63. The van der Waals surface area contributed by atoms with Crippen LogP contribution in [0.4, 0.5) is 0 Å². The molecule has 0 spiro atoms. The van der Waals surface area contributed by atoms with Gasteiger partial charge in [-0.1, -0.05) is 24.6 Å². The Morgan fingerprint density at radius 1 is 1.23 bits per heavy atom. The first-order chi connectivity index (χ1) is 10.2. The molecule has 2 aliphatic rings. The number of fused-ring (bicyclic) bond motifs is 2. The zero-order valence-corrected chi connectivity index (χ0v) is 14.0. The molecule has 1 amide bonds. The van der Waals surface area contributed by atoms with Gasteiger partial charge in [0.25, 0.3) is 5.91 Å². The van der Waals surface area contributed by atoms with E-state index < -0.39 is 0 Å². The SMILES string of the molecule is Cl.NC1CCCC2CN(C(=O)c3csc4ccccc34)CC12. The van der Waals surface area contributed by atoms with Crippen molar-refractivity contribution in [3.8, 4) is 0 Å². The summed E-state index contributed by atoms with van der Waals surface area (Å²) in [5.74, 6) is 1.31. The summed E-state index contributed by atoms with van der Waals surface area (Å²) in [5.41, 5.74) is 7.12. The van der Waals surface area contributed by atoms with Crippen LogP contribution in [0.2, 0.25) is 0 Å². The molecule has 0 radical (unpaired) electrons. The van der Waals surface area contributed by atoms with Crippen molar-refractivity contribution in [2.24, 2.45) is 17.6 Å². The molecule has 3 atom stereocenters. The lowest BCUT2D eigenvalue weighted by atomic mass is 9.78. The van der Waals surface area contributed by atoms with Crippen molar-refractivity contribution < 1.29 is 4.79 Å². The fourth-order valence-corrected chi connectivity index (χ4v) is 4.93. The predicted molar refractivity (Wildman–Crippen MR) is 93.8 cm³/mol. The molecule has 1 saturated heterocycles. The van der Waals surface area contributed by atoms with Crippen molar-refractivity contribution in [2.75, 3.05) is 13.1 Å². The number of likely N-dealkylation sites (tertiary alicyclic amines) is 1. The van der Waals surface area contributed by atoms with Gasteiger partial charge in [-0.05, 0) is 30.7 Å². The van der Waals surface area contributed by atoms with E-state index in [2.05, 4.69) is 6.07 Å². The Labute approximate surface area is 140 Å². The Kier molecular flexibility index (Phi) is 4.44. The Balaban J connectivity index is 0.00000144. The molecule has 1 aliphatic heterocycles. The normalized spacial score (nSPS) is 27.5. The maximum absolute atomic E-state index is 12.9. The molecule has 2 aromatic rings. The third-order valence-electron chi connectivity index (χ3n) is 5.15. The molecule has 4 rings (SSSR count). The minimum atomic E-state index is 0. The maximum atomic E-state index is 12.9. The third kappa shape index (κ3) is 2.53. The number of carbonyl (C=O) groups excluding carboxylic acids is 1. The van der Waals surface area contributed by atoms with Crippen LogP contribution in [0.3, 0.4) is 0 Å². The van der Waals surface area contributed by atoms with Gasteiger partial charge in [0.2, 0.25) is 0 Å². The van der Waals surface area contributed by atoms with Gasteiger partial charge in [-0.2, -0.15) is 0 Å². The summed E-state index contributed by atoms with van der Waals surface area (Å²) in [6.45, 7) is 1.73. The summed E-state index contributed by atoms with van der Waals surface area (Å²) >= 11 is 1.65. The molecule has 2 N–H and O–H groups in total. The Morgan fingerprint density at radius 3 is 2.86 bits per heavy atom. The van der Waals surface area contributed by atoms with Crippen molar-refractivity contribution in [3.05, 3.63) is 35.2 Å². The van der Waals surface area contributed by atoms with Crippen LogP contribution in [0.1, 0.15) is 29.6 Å². The van der Waals surface area contributed by atoms with E-state index in [1.54, 1.807) is 11.3 Å². The highest BCUT2D eigenvalue weighted by Gasteiger charge is 2.40. The Bertz CT molecular complexity index is 686. The van der Waals surface area contributed by atoms with Crippen LogP contribution in [-0.2, 0) is 0 Å². The molecule has 5 heteroatoms. The van der Waals surface area contributed by atoms with Gasteiger partial charge in [0.05, 0.1) is 5.56 Å². The van der Waals surface area contributed by atoms with Gasteiger partial charge < -0.3 is 10.6 Å². The number of hydrogen-bond donors (Lipinski definition) is 1. The van der Waals surface area contributed by atoms with E-state index in [1.807, 2.05) is 28.5 Å². The first-order valence-electron chi connectivity index (χ1n) is 7.75. The average Bonchev–Trinajstić information content (AvgIpc) is 3.11. The van der Waals surface area contributed by atoms with Gasteiger partial charge >= 0.3 is 0 Å². The molecule has 1 aromatic heterocycles. The second kappa shape index (κ2) is 6.19. The number of rotatable bonds is 1. The molecule has 1 aliphatic carbocycles. The van der Waals surface area contributed by atoms with Crippen LogP contribution in [0, 0.1) is 11.8 Å². The summed E-state index contributed by atoms with van der Waals surface area (Å²) in [7, 11) is 0. The highest BCUT2D eigenvalue weighted by molar-refractivity contribution is 7.17. The molecule has 22 heavy (non-hydrogen) atoms. The lowest BCUT2D eigenvalue weighted by Gasteiger charge is -2.29. The van der Waals surface area contributed by atoms with Crippen molar-refractivity contribution in [2.45, 2.75) is 25.3 Å². The molecule has 3 nitrogen and oxygen atoms in total. The minimum absolute atomic E-state index is 0. The third-order valence-corrected chi connectivity index (χ3v) is 6.12. The van der Waals surface area contributed by atoms with Gasteiger partial charge in [-0.15, -0.1) is 23.7 Å². The van der Waals surface area contributed by atoms with E-state index in [0.29, 0.717) is 11.8 Å². The fourth-order valence-electron chi connectivity index (χ4n) is 4.00. The Morgan fingerprint density at radius 2 is 2.05 bits per heavy atom. The minimum Gasteiger partial charge on any atom is -0.338 e. The van der Waals surface area contributed by atoms with E-state index in [9.17, 15) is 4.79 Å². The van der Waals surface area contributed by atoms with E-state index in [0.717, 1.165) is 30.5 Å². The largest absolute Gasteiger partial charge is 0.338 e. The van der Waals surface area contributed by atoms with Crippen molar-refractivity contribution in [3.63, 3.8) is 0 Å². The zero-order chi connectivity index (χ0) is 14.4. The van der Waals surface area contributed by atoms with E-state index in [-0.39, 0.29) is 24.4 Å². The van der Waals surface area contributed by atoms with Crippen LogP contribution in [0.15, 0.2) is 29.6 Å². The van der Waals surface area contributed by atoms with Crippen LogP contribution < -0.4 is 5.73 Å². The van der Waals surface area contributed by atoms with E-state index in [4.69, 9.17) is 5.73 Å². The van der Waals surface area contributed by atoms with Gasteiger partial charge in [0.1, 0.15) is 0 Å². The number of benzene rings is 1. The molecular weight excluding hydrogens is 316 g/mol. The number of halogens is 1. The maximum Gasteiger partial charge on any atom is 0.255 e. The predicted octanol–water partition coefficient (Wildman–Crippen LogP) is 3.52. The molecule has 2 heterocycles. The zero-order valence-electron chi connectivity index (χ0n) is 12.4. The van der Waals surface area contributed by atoms with Crippen LogP contribution in [-0.4, -0.2) is 29.9 Å². The highest BCUT2D eigenvalue weighted by Crippen LogP contribution is 2.37. The molecule has 118 valence electrons. The lowest BCUT2D eigenvalue weighted by Crippen LogP contribution is -2.38. The first kappa shape index (κ1) is 15.8. The van der Waals surface area contributed by atoms with Gasteiger partial charge in [0.15, 0.2) is 0 Å². The van der Waals surface area contributed by atoms with Crippen molar-refractivity contribution in [1.29, 1.82) is 0 Å². The standard InChI is InChI=1S/C17H20N2OS.ClH/c18-15-6-3-4-11-8-19(9-13(11)15)17(20)14-10-21-16-7-2-1-5-12(14)16;/h1-2,5,7,10-11,13,15H,3-4,6,8-9,18H2;1H. The summed E-state index contributed by atoms with van der Waals surface area (Å²) in [6.07, 6.45) is 3.56. The number of nitrogens with zero attached hydrogens (tertiary/aromatic N) is 1. The van der Waals surface area contributed by atoms with Crippen LogP contribution in [0.25, 0.3) is 10.1 Å². The van der Waals surface area contributed by atoms with Gasteiger partial charge in [-0.3, -0.25) is 4.79 Å². The second-order valence-corrected chi connectivity index (χ2v) is 7.29. The summed E-state index contributed by atoms with van der Waals surface area (Å²) in [4.78, 5) is 14.9. The topological polar surface area (TPSA) is 46.3 Å². The number of hydrogen-bond acceptors (Lipinski definition) is 3. The van der Waals surface area contributed by atoms with E-state index >= 15 is 0 Å². The summed E-state index contributed by atoms with van der Waals surface area (Å²) in [6, 6.07) is 8.44. The van der Waals surface area contributed by atoms with Crippen molar-refractivity contribution in [1.82, 2.24) is 4.90 Å². The summed E-state index contributed by atoms with van der Waals surface area (Å²) < 4.78 is 1.19. The van der Waals surface area contributed by atoms with Crippen LogP contribution >= 0.6 is 23.7 Å².